The quantitative estimate of drug-likeness (QED) is 0.793. The van der Waals surface area contributed by atoms with Crippen molar-refractivity contribution in [3.8, 4) is 0 Å². The van der Waals surface area contributed by atoms with Gasteiger partial charge in [0, 0.05) is 30.4 Å². The van der Waals surface area contributed by atoms with Gasteiger partial charge in [-0.15, -0.1) is 0 Å². The van der Waals surface area contributed by atoms with Crippen molar-refractivity contribution in [3.63, 3.8) is 0 Å². The van der Waals surface area contributed by atoms with Crippen molar-refractivity contribution in [2.45, 2.75) is 44.3 Å². The Morgan fingerprint density at radius 3 is 2.46 bits per heavy atom. The van der Waals surface area contributed by atoms with E-state index in [4.69, 9.17) is 11.6 Å². The van der Waals surface area contributed by atoms with Gasteiger partial charge in [0.15, 0.2) is 0 Å². The lowest BCUT2D eigenvalue weighted by atomic mass is 10.1. The summed E-state index contributed by atoms with van der Waals surface area (Å²) in [6, 6.07) is 11.5. The molecule has 26 heavy (non-hydrogen) atoms. The van der Waals surface area contributed by atoms with Crippen molar-refractivity contribution >= 4 is 23.4 Å². The smallest absolute Gasteiger partial charge is 0.257 e. The molecule has 0 unspecified atom stereocenters. The minimum atomic E-state index is -0.0962. The number of benzene rings is 1. The lowest BCUT2D eigenvalue weighted by molar-refractivity contribution is 0.0729. The molecule has 2 aromatic rings. The highest BCUT2D eigenvalue weighted by Gasteiger charge is 2.34. The van der Waals surface area contributed by atoms with Gasteiger partial charge in [-0.2, -0.15) is 0 Å². The van der Waals surface area contributed by atoms with E-state index in [1.807, 2.05) is 29.2 Å². The molecule has 2 aliphatic rings. The number of halogens is 1. The summed E-state index contributed by atoms with van der Waals surface area (Å²) in [7, 11) is 0. The molecule has 1 aromatic carbocycles. The molecule has 0 atom stereocenters. The SMILES string of the molecule is O=C(NC1CC1)c1ccc(CN(C(=O)c2cccnc2Cl)C2CC2)cc1. The average molecular weight is 370 g/mol. The van der Waals surface area contributed by atoms with Crippen molar-refractivity contribution in [3.05, 3.63) is 64.4 Å². The normalized spacial score (nSPS) is 16.2. The first-order chi connectivity index (χ1) is 12.6. The Hall–Kier alpha value is -2.40. The molecule has 5 nitrogen and oxygen atoms in total. The summed E-state index contributed by atoms with van der Waals surface area (Å²) in [5.74, 6) is -0.127. The molecule has 2 fully saturated rings. The van der Waals surface area contributed by atoms with Crippen LogP contribution in [0.2, 0.25) is 5.15 Å². The molecule has 0 saturated heterocycles. The zero-order valence-corrected chi connectivity index (χ0v) is 15.1. The fraction of sp³-hybridized carbons (Fsp3) is 0.350. The zero-order chi connectivity index (χ0) is 18.1. The fourth-order valence-electron chi connectivity index (χ4n) is 2.91. The van der Waals surface area contributed by atoms with E-state index in [2.05, 4.69) is 10.3 Å². The first-order valence-corrected chi connectivity index (χ1v) is 9.31. The summed E-state index contributed by atoms with van der Waals surface area (Å²) in [4.78, 5) is 30.8. The van der Waals surface area contributed by atoms with Crippen molar-refractivity contribution in [1.29, 1.82) is 0 Å². The number of rotatable bonds is 6. The summed E-state index contributed by atoms with van der Waals surface area (Å²) in [6.07, 6.45) is 5.72. The number of nitrogens with one attached hydrogen (secondary N) is 1. The molecule has 1 N–H and O–H groups in total. The molecule has 2 amide bonds. The second kappa shape index (κ2) is 7.08. The lowest BCUT2D eigenvalue weighted by Gasteiger charge is -2.23. The van der Waals surface area contributed by atoms with Gasteiger partial charge in [0.1, 0.15) is 5.15 Å². The Morgan fingerprint density at radius 1 is 1.12 bits per heavy atom. The van der Waals surface area contributed by atoms with E-state index in [-0.39, 0.29) is 23.0 Å². The third kappa shape index (κ3) is 3.88. The number of hydrogen-bond acceptors (Lipinski definition) is 3. The highest BCUT2D eigenvalue weighted by molar-refractivity contribution is 6.32. The van der Waals surface area contributed by atoms with Crippen molar-refractivity contribution < 1.29 is 9.59 Å². The van der Waals surface area contributed by atoms with Crippen LogP contribution in [0.25, 0.3) is 0 Å². The molecule has 1 heterocycles. The molecular weight excluding hydrogens is 350 g/mol. The highest BCUT2D eigenvalue weighted by Crippen LogP contribution is 2.31. The Bertz CT molecular complexity index is 829. The van der Waals surface area contributed by atoms with Crippen LogP contribution < -0.4 is 5.32 Å². The van der Waals surface area contributed by atoms with E-state index in [9.17, 15) is 9.59 Å². The third-order valence-corrected chi connectivity index (χ3v) is 5.02. The van der Waals surface area contributed by atoms with Crippen molar-refractivity contribution in [2.75, 3.05) is 0 Å². The fourth-order valence-corrected chi connectivity index (χ4v) is 3.11. The van der Waals surface area contributed by atoms with Crippen LogP contribution in [0.5, 0.6) is 0 Å². The van der Waals surface area contributed by atoms with Gasteiger partial charge < -0.3 is 10.2 Å². The Balaban J connectivity index is 1.47. The number of amides is 2. The topological polar surface area (TPSA) is 62.3 Å². The van der Waals surface area contributed by atoms with E-state index in [1.54, 1.807) is 18.3 Å². The molecule has 1 aromatic heterocycles. The number of aromatic nitrogens is 1. The monoisotopic (exact) mass is 369 g/mol. The van der Waals surface area contributed by atoms with Crippen LogP contribution in [-0.4, -0.2) is 33.8 Å². The maximum absolute atomic E-state index is 12.9. The Kier molecular flexibility index (Phi) is 4.64. The minimum absolute atomic E-state index is 0.0312. The molecular formula is C20H20ClN3O2. The number of carbonyl (C=O) groups excluding carboxylic acids is 2. The van der Waals surface area contributed by atoms with Crippen LogP contribution in [0.15, 0.2) is 42.6 Å². The van der Waals surface area contributed by atoms with Crippen LogP contribution in [0, 0.1) is 0 Å². The van der Waals surface area contributed by atoms with E-state index in [0.29, 0.717) is 23.7 Å². The van der Waals surface area contributed by atoms with E-state index in [0.717, 1.165) is 31.2 Å². The molecule has 6 heteroatoms. The number of pyridine rings is 1. The number of nitrogens with zero attached hydrogens (tertiary/aromatic N) is 2. The Morgan fingerprint density at radius 2 is 1.85 bits per heavy atom. The molecule has 0 radical (unpaired) electrons. The van der Waals surface area contributed by atoms with Crippen LogP contribution in [-0.2, 0) is 6.54 Å². The van der Waals surface area contributed by atoms with Gasteiger partial charge in [0.2, 0.25) is 0 Å². The van der Waals surface area contributed by atoms with E-state index < -0.39 is 0 Å². The van der Waals surface area contributed by atoms with Gasteiger partial charge in [-0.25, -0.2) is 4.98 Å². The number of hydrogen-bond donors (Lipinski definition) is 1. The lowest BCUT2D eigenvalue weighted by Crippen LogP contribution is -2.33. The predicted octanol–water partition coefficient (Wildman–Crippen LogP) is 3.43. The van der Waals surface area contributed by atoms with Gasteiger partial charge in [0.25, 0.3) is 11.8 Å². The second-order valence-corrected chi connectivity index (χ2v) is 7.31. The maximum atomic E-state index is 12.9. The predicted molar refractivity (Wildman–Crippen MR) is 99.1 cm³/mol. The standard InChI is InChI=1S/C20H20ClN3O2/c21-18-17(2-1-11-22-18)20(26)24(16-9-10-16)12-13-3-5-14(6-4-13)19(25)23-15-7-8-15/h1-6,11,15-16H,7-10,12H2,(H,23,25). The van der Waals surface area contributed by atoms with Crippen molar-refractivity contribution in [2.24, 2.45) is 0 Å². The summed E-state index contributed by atoms with van der Waals surface area (Å²) in [6.45, 7) is 0.499. The summed E-state index contributed by atoms with van der Waals surface area (Å²) < 4.78 is 0. The summed E-state index contributed by atoms with van der Waals surface area (Å²) in [5, 5.41) is 3.21. The molecule has 2 aliphatic carbocycles. The first kappa shape index (κ1) is 17.0. The van der Waals surface area contributed by atoms with Crippen LogP contribution in [0.4, 0.5) is 0 Å². The highest BCUT2D eigenvalue weighted by atomic mass is 35.5. The molecule has 0 spiro atoms. The molecule has 134 valence electrons. The molecule has 0 bridgehead atoms. The third-order valence-electron chi connectivity index (χ3n) is 4.72. The van der Waals surface area contributed by atoms with Gasteiger partial charge in [-0.1, -0.05) is 23.7 Å². The first-order valence-electron chi connectivity index (χ1n) is 8.93. The summed E-state index contributed by atoms with van der Waals surface area (Å²) in [5.41, 5.74) is 2.08. The summed E-state index contributed by atoms with van der Waals surface area (Å²) >= 11 is 6.09. The van der Waals surface area contributed by atoms with Gasteiger partial charge in [-0.05, 0) is 55.5 Å². The molecule has 0 aliphatic heterocycles. The Labute approximate surface area is 157 Å². The van der Waals surface area contributed by atoms with Crippen LogP contribution in [0.1, 0.15) is 52.0 Å². The van der Waals surface area contributed by atoms with Crippen LogP contribution in [0.3, 0.4) is 0 Å². The average Bonchev–Trinajstić information content (AvgIpc) is 3.54. The van der Waals surface area contributed by atoms with E-state index >= 15 is 0 Å². The van der Waals surface area contributed by atoms with Gasteiger partial charge in [0.05, 0.1) is 5.56 Å². The van der Waals surface area contributed by atoms with Gasteiger partial charge in [-0.3, -0.25) is 9.59 Å². The van der Waals surface area contributed by atoms with Gasteiger partial charge >= 0.3 is 0 Å². The van der Waals surface area contributed by atoms with Crippen LogP contribution >= 0.6 is 11.6 Å². The number of carbonyl (C=O) groups is 2. The molecule has 2 saturated carbocycles. The minimum Gasteiger partial charge on any atom is -0.349 e. The van der Waals surface area contributed by atoms with Crippen molar-refractivity contribution in [1.82, 2.24) is 15.2 Å². The second-order valence-electron chi connectivity index (χ2n) is 6.95. The maximum Gasteiger partial charge on any atom is 0.257 e. The zero-order valence-electron chi connectivity index (χ0n) is 14.3. The largest absolute Gasteiger partial charge is 0.349 e. The van der Waals surface area contributed by atoms with E-state index in [1.165, 1.54) is 0 Å². The molecule has 4 rings (SSSR count).